The Kier molecular flexibility index (Phi) is 1.09. The highest BCUT2D eigenvalue weighted by atomic mass is 16.2. The van der Waals surface area contributed by atoms with E-state index in [0.717, 1.165) is 0 Å². The summed E-state index contributed by atoms with van der Waals surface area (Å²) in [6.07, 6.45) is 0. The molecule has 0 aromatic carbocycles. The van der Waals surface area contributed by atoms with Gasteiger partial charge in [0.15, 0.2) is 0 Å². The molecule has 0 saturated carbocycles. The fourth-order valence-electron chi connectivity index (χ4n) is 1.10. The van der Waals surface area contributed by atoms with Gasteiger partial charge in [-0.1, -0.05) is 6.92 Å². The molecular formula is C7H13NO. The van der Waals surface area contributed by atoms with Crippen molar-refractivity contribution in [2.24, 2.45) is 5.92 Å². The quantitative estimate of drug-likeness (QED) is 0.442. The number of β-lactam (4-membered cyclic amide) rings is 1. The summed E-state index contributed by atoms with van der Waals surface area (Å²) in [4.78, 5) is 12.7. The molecule has 0 bridgehead atoms. The van der Waals surface area contributed by atoms with Crippen molar-refractivity contribution < 1.29 is 4.79 Å². The van der Waals surface area contributed by atoms with Gasteiger partial charge < -0.3 is 4.90 Å². The smallest absolute Gasteiger partial charge is 0.227 e. The summed E-state index contributed by atoms with van der Waals surface area (Å²) in [5.74, 6) is 0.475. The van der Waals surface area contributed by atoms with Gasteiger partial charge in [-0.05, 0) is 13.8 Å². The highest BCUT2D eigenvalue weighted by Gasteiger charge is 2.48. The third-order valence-corrected chi connectivity index (χ3v) is 2.63. The average molecular weight is 127 g/mol. The molecule has 0 spiro atoms. The van der Waals surface area contributed by atoms with E-state index in [1.807, 2.05) is 14.0 Å². The molecule has 0 aromatic heterocycles. The molecule has 9 heavy (non-hydrogen) atoms. The first-order valence-electron chi connectivity index (χ1n) is 3.25. The number of hydrogen-bond donors (Lipinski definition) is 0. The lowest BCUT2D eigenvalue weighted by molar-refractivity contribution is -0.161. The largest absolute Gasteiger partial charge is 0.340 e. The van der Waals surface area contributed by atoms with Crippen LogP contribution >= 0.6 is 0 Å². The van der Waals surface area contributed by atoms with E-state index < -0.39 is 0 Å². The average Bonchev–Trinajstić information content (AvgIpc) is 1.84. The normalized spacial score (nSPS) is 32.2. The number of hydrogen-bond acceptors (Lipinski definition) is 1. The maximum absolute atomic E-state index is 10.9. The van der Waals surface area contributed by atoms with Crippen LogP contribution in [0.4, 0.5) is 0 Å². The zero-order valence-electron chi connectivity index (χ0n) is 6.43. The molecule has 2 nitrogen and oxygen atoms in total. The van der Waals surface area contributed by atoms with Crippen LogP contribution in [0.5, 0.6) is 0 Å². The highest BCUT2D eigenvalue weighted by Crippen LogP contribution is 2.34. The van der Waals surface area contributed by atoms with Crippen molar-refractivity contribution in [2.75, 3.05) is 7.05 Å². The molecular weight excluding hydrogens is 114 g/mol. The lowest BCUT2D eigenvalue weighted by Crippen LogP contribution is -2.64. The summed E-state index contributed by atoms with van der Waals surface area (Å²) in [5, 5.41) is 0. The van der Waals surface area contributed by atoms with E-state index >= 15 is 0 Å². The second kappa shape index (κ2) is 1.49. The predicted octanol–water partition coefficient (Wildman–Crippen LogP) is 0.873. The number of likely N-dealkylation sites (tertiary alicyclic amines) is 1. The number of rotatable bonds is 0. The molecule has 2 heteroatoms. The maximum Gasteiger partial charge on any atom is 0.227 e. The molecule has 1 fully saturated rings. The Morgan fingerprint density at radius 2 is 2.00 bits per heavy atom. The molecule has 0 radical (unpaired) electrons. The Bertz CT molecular complexity index is 137. The van der Waals surface area contributed by atoms with E-state index in [9.17, 15) is 4.79 Å². The van der Waals surface area contributed by atoms with E-state index in [4.69, 9.17) is 0 Å². The second-order valence-electron chi connectivity index (χ2n) is 3.27. The van der Waals surface area contributed by atoms with Crippen molar-refractivity contribution in [1.29, 1.82) is 0 Å². The van der Waals surface area contributed by atoms with Crippen LogP contribution in [-0.2, 0) is 4.79 Å². The van der Waals surface area contributed by atoms with Gasteiger partial charge in [0, 0.05) is 12.6 Å². The van der Waals surface area contributed by atoms with Crippen LogP contribution < -0.4 is 0 Å². The van der Waals surface area contributed by atoms with Gasteiger partial charge >= 0.3 is 0 Å². The van der Waals surface area contributed by atoms with Gasteiger partial charge in [-0.2, -0.15) is 0 Å². The summed E-state index contributed by atoms with van der Waals surface area (Å²) in [6, 6.07) is 0. The monoisotopic (exact) mass is 127 g/mol. The number of carbonyl (C=O) groups excluding carboxylic acids is 1. The molecule has 0 N–H and O–H groups in total. The zero-order valence-corrected chi connectivity index (χ0v) is 6.43. The Labute approximate surface area is 55.8 Å². The van der Waals surface area contributed by atoms with Crippen molar-refractivity contribution in [3.8, 4) is 0 Å². The summed E-state index contributed by atoms with van der Waals surface area (Å²) < 4.78 is 0. The van der Waals surface area contributed by atoms with Crippen LogP contribution in [0.3, 0.4) is 0 Å². The zero-order chi connectivity index (χ0) is 7.23. The molecule has 1 aliphatic rings. The van der Waals surface area contributed by atoms with Crippen LogP contribution in [0.15, 0.2) is 0 Å². The summed E-state index contributed by atoms with van der Waals surface area (Å²) in [7, 11) is 1.85. The Hall–Kier alpha value is -0.530. The highest BCUT2D eigenvalue weighted by molar-refractivity contribution is 5.86. The van der Waals surface area contributed by atoms with Gasteiger partial charge in [0.1, 0.15) is 0 Å². The lowest BCUT2D eigenvalue weighted by Gasteiger charge is -2.50. The Morgan fingerprint density at radius 1 is 1.56 bits per heavy atom. The topological polar surface area (TPSA) is 20.3 Å². The van der Waals surface area contributed by atoms with Crippen molar-refractivity contribution in [2.45, 2.75) is 26.3 Å². The van der Waals surface area contributed by atoms with Crippen LogP contribution in [0.1, 0.15) is 20.8 Å². The van der Waals surface area contributed by atoms with Crippen molar-refractivity contribution in [3.05, 3.63) is 0 Å². The maximum atomic E-state index is 10.9. The number of carbonyl (C=O) groups is 1. The van der Waals surface area contributed by atoms with Gasteiger partial charge in [0.2, 0.25) is 5.91 Å². The number of nitrogens with zero attached hydrogens (tertiary/aromatic N) is 1. The molecule has 1 saturated heterocycles. The van der Waals surface area contributed by atoms with Crippen LogP contribution in [-0.4, -0.2) is 23.4 Å². The standard InChI is InChI=1S/C7H13NO/c1-5-6(9)8(4)7(5,2)3/h5H,1-4H3. The first-order valence-corrected chi connectivity index (χ1v) is 3.25. The van der Waals surface area contributed by atoms with Crippen LogP contribution in [0, 0.1) is 5.92 Å². The lowest BCUT2D eigenvalue weighted by atomic mass is 9.78. The van der Waals surface area contributed by atoms with Gasteiger partial charge in [-0.15, -0.1) is 0 Å². The molecule has 0 aromatic rings. The third-order valence-electron chi connectivity index (χ3n) is 2.63. The van der Waals surface area contributed by atoms with E-state index in [1.54, 1.807) is 4.90 Å². The first kappa shape index (κ1) is 6.59. The fraction of sp³-hybridized carbons (Fsp3) is 0.857. The first-order chi connectivity index (χ1) is 3.98. The summed E-state index contributed by atoms with van der Waals surface area (Å²) >= 11 is 0. The van der Waals surface area contributed by atoms with Gasteiger partial charge in [-0.25, -0.2) is 0 Å². The van der Waals surface area contributed by atoms with Gasteiger partial charge in [-0.3, -0.25) is 4.79 Å². The molecule has 1 atom stereocenters. The predicted molar refractivity (Wildman–Crippen MR) is 36.0 cm³/mol. The molecule has 1 amide bonds. The van der Waals surface area contributed by atoms with E-state index in [0.29, 0.717) is 0 Å². The molecule has 1 aliphatic heterocycles. The van der Waals surface area contributed by atoms with Crippen molar-refractivity contribution in [3.63, 3.8) is 0 Å². The Balaban J connectivity index is 2.73. The van der Waals surface area contributed by atoms with Crippen LogP contribution in [0.2, 0.25) is 0 Å². The summed E-state index contributed by atoms with van der Waals surface area (Å²) in [5.41, 5.74) is 0.0943. The molecule has 1 heterocycles. The molecule has 1 unspecified atom stereocenters. The minimum Gasteiger partial charge on any atom is -0.340 e. The van der Waals surface area contributed by atoms with E-state index in [2.05, 4.69) is 13.8 Å². The van der Waals surface area contributed by atoms with E-state index in [-0.39, 0.29) is 17.4 Å². The van der Waals surface area contributed by atoms with E-state index in [1.165, 1.54) is 0 Å². The van der Waals surface area contributed by atoms with Gasteiger partial charge in [0.25, 0.3) is 0 Å². The van der Waals surface area contributed by atoms with Crippen LogP contribution in [0.25, 0.3) is 0 Å². The number of amides is 1. The summed E-state index contributed by atoms with van der Waals surface area (Å²) in [6.45, 7) is 6.14. The minimum absolute atomic E-state index is 0.0943. The Morgan fingerprint density at radius 3 is 2.11 bits per heavy atom. The third kappa shape index (κ3) is 0.590. The van der Waals surface area contributed by atoms with Crippen molar-refractivity contribution >= 4 is 5.91 Å². The van der Waals surface area contributed by atoms with Crippen molar-refractivity contribution in [1.82, 2.24) is 4.90 Å². The molecule has 52 valence electrons. The van der Waals surface area contributed by atoms with Gasteiger partial charge in [0.05, 0.1) is 5.92 Å². The molecule has 1 rings (SSSR count). The second-order valence-corrected chi connectivity index (χ2v) is 3.27. The minimum atomic E-state index is 0.0943. The SMILES string of the molecule is CC1C(=O)N(C)C1(C)C. The fourth-order valence-corrected chi connectivity index (χ4v) is 1.10. The molecule has 0 aliphatic carbocycles.